The summed E-state index contributed by atoms with van der Waals surface area (Å²) in [5.41, 5.74) is 5.33. The third kappa shape index (κ3) is 2.50. The number of fused-ring (bicyclic) bond motifs is 1. The molecule has 5 heteroatoms. The van der Waals surface area contributed by atoms with Crippen LogP contribution in [0, 0.1) is 13.8 Å². The van der Waals surface area contributed by atoms with E-state index in [0.717, 1.165) is 17.1 Å². The van der Waals surface area contributed by atoms with Gasteiger partial charge in [-0.05, 0) is 36.2 Å². The molecule has 3 rings (SSSR count). The highest BCUT2D eigenvalue weighted by Crippen LogP contribution is 2.32. The van der Waals surface area contributed by atoms with Gasteiger partial charge in [0.05, 0.1) is 16.7 Å². The van der Waals surface area contributed by atoms with Gasteiger partial charge in [0, 0.05) is 16.0 Å². The van der Waals surface area contributed by atoms with Crippen molar-refractivity contribution in [3.8, 4) is 0 Å². The number of nitrogens with zero attached hydrogens (tertiary/aromatic N) is 1. The number of hydrogen-bond donors (Lipinski definition) is 2. The molecule has 1 unspecified atom stereocenters. The summed E-state index contributed by atoms with van der Waals surface area (Å²) >= 11 is 3.52. The zero-order chi connectivity index (χ0) is 14.1. The predicted octanol–water partition coefficient (Wildman–Crippen LogP) is 3.72. The molecule has 3 aromatic rings. The van der Waals surface area contributed by atoms with Gasteiger partial charge < -0.3 is 0 Å². The minimum absolute atomic E-state index is 0.107. The van der Waals surface area contributed by atoms with Gasteiger partial charge in [-0.2, -0.15) is 0 Å². The van der Waals surface area contributed by atoms with Gasteiger partial charge >= 0.3 is 0 Å². The molecule has 0 radical (unpaired) electrons. The van der Waals surface area contributed by atoms with E-state index in [0.29, 0.717) is 0 Å². The third-order valence-corrected chi connectivity index (χ3v) is 5.62. The second kappa shape index (κ2) is 5.61. The second-order valence-electron chi connectivity index (χ2n) is 4.86. The third-order valence-electron chi connectivity index (χ3n) is 3.54. The van der Waals surface area contributed by atoms with Crippen LogP contribution in [0.15, 0.2) is 29.6 Å². The SMILES string of the molecule is Cc1nc(CC(NN)c2csc3ccccc23)sc1C. The average Bonchev–Trinajstić information content (AvgIpc) is 3.00. The maximum absolute atomic E-state index is 5.78. The molecular formula is C15H17N3S2. The Kier molecular flexibility index (Phi) is 3.85. The van der Waals surface area contributed by atoms with Gasteiger partial charge in [-0.1, -0.05) is 18.2 Å². The molecule has 0 saturated heterocycles. The molecule has 0 aliphatic carbocycles. The highest BCUT2D eigenvalue weighted by atomic mass is 32.1. The lowest BCUT2D eigenvalue weighted by Gasteiger charge is -2.14. The van der Waals surface area contributed by atoms with Crippen LogP contribution in [-0.4, -0.2) is 4.98 Å². The summed E-state index contributed by atoms with van der Waals surface area (Å²) in [6.07, 6.45) is 0.830. The number of hydrazine groups is 1. The lowest BCUT2D eigenvalue weighted by atomic mass is 10.0. The number of thiophene rings is 1. The summed E-state index contributed by atoms with van der Waals surface area (Å²) in [7, 11) is 0. The Bertz CT molecular complexity index is 710. The highest BCUT2D eigenvalue weighted by molar-refractivity contribution is 7.17. The zero-order valence-electron chi connectivity index (χ0n) is 11.5. The predicted molar refractivity (Wildman–Crippen MR) is 87.2 cm³/mol. The Morgan fingerprint density at radius 2 is 2.10 bits per heavy atom. The van der Waals surface area contributed by atoms with Crippen LogP contribution in [0.25, 0.3) is 10.1 Å². The van der Waals surface area contributed by atoms with Crippen molar-refractivity contribution in [3.63, 3.8) is 0 Å². The number of rotatable bonds is 4. The van der Waals surface area contributed by atoms with Crippen LogP contribution in [0.3, 0.4) is 0 Å². The minimum atomic E-state index is 0.107. The monoisotopic (exact) mass is 303 g/mol. The average molecular weight is 303 g/mol. The van der Waals surface area contributed by atoms with Crippen LogP contribution in [0.4, 0.5) is 0 Å². The number of benzene rings is 1. The van der Waals surface area contributed by atoms with Crippen molar-refractivity contribution in [2.45, 2.75) is 26.3 Å². The van der Waals surface area contributed by atoms with Crippen LogP contribution in [0.2, 0.25) is 0 Å². The molecule has 2 aromatic heterocycles. The van der Waals surface area contributed by atoms with E-state index in [9.17, 15) is 0 Å². The fourth-order valence-corrected chi connectivity index (χ4v) is 4.32. The number of hydrogen-bond acceptors (Lipinski definition) is 5. The standard InChI is InChI=1S/C15H17N3S2/c1-9-10(2)20-15(17-9)7-13(18-16)12-8-19-14-6-4-3-5-11(12)14/h3-6,8,13,18H,7,16H2,1-2H3. The molecule has 0 aliphatic heterocycles. The number of nitrogens with two attached hydrogens (primary N) is 1. The smallest absolute Gasteiger partial charge is 0.0950 e. The fraction of sp³-hybridized carbons (Fsp3) is 0.267. The Morgan fingerprint density at radius 3 is 2.80 bits per heavy atom. The number of nitrogens with one attached hydrogen (secondary N) is 1. The van der Waals surface area contributed by atoms with Crippen molar-refractivity contribution in [1.82, 2.24) is 10.4 Å². The maximum atomic E-state index is 5.78. The molecule has 0 saturated carbocycles. The summed E-state index contributed by atoms with van der Waals surface area (Å²) in [6, 6.07) is 8.56. The molecule has 0 spiro atoms. The first-order valence-corrected chi connectivity index (χ1v) is 8.24. The molecule has 1 aromatic carbocycles. The fourth-order valence-electron chi connectivity index (χ4n) is 2.33. The molecule has 1 atom stereocenters. The topological polar surface area (TPSA) is 50.9 Å². The summed E-state index contributed by atoms with van der Waals surface area (Å²) in [6.45, 7) is 4.17. The first-order chi connectivity index (χ1) is 9.69. The van der Waals surface area contributed by atoms with E-state index in [4.69, 9.17) is 5.84 Å². The Hall–Kier alpha value is -1.27. The van der Waals surface area contributed by atoms with E-state index in [-0.39, 0.29) is 6.04 Å². The van der Waals surface area contributed by atoms with E-state index >= 15 is 0 Å². The van der Waals surface area contributed by atoms with Crippen molar-refractivity contribution in [2.75, 3.05) is 0 Å². The Balaban J connectivity index is 1.93. The van der Waals surface area contributed by atoms with E-state index in [1.807, 2.05) is 0 Å². The Labute approximate surface area is 126 Å². The van der Waals surface area contributed by atoms with Gasteiger partial charge in [0.15, 0.2) is 0 Å². The summed E-state index contributed by atoms with van der Waals surface area (Å²) in [5, 5.41) is 4.62. The number of thiazole rings is 1. The minimum Gasteiger partial charge on any atom is -0.271 e. The van der Waals surface area contributed by atoms with Gasteiger partial charge in [0.1, 0.15) is 0 Å². The molecule has 2 heterocycles. The highest BCUT2D eigenvalue weighted by Gasteiger charge is 2.17. The first kappa shape index (κ1) is 13.7. The second-order valence-corrected chi connectivity index (χ2v) is 7.06. The normalized spacial score (nSPS) is 12.9. The van der Waals surface area contributed by atoms with Gasteiger partial charge in [-0.3, -0.25) is 11.3 Å². The van der Waals surface area contributed by atoms with Crippen LogP contribution >= 0.6 is 22.7 Å². The lowest BCUT2D eigenvalue weighted by molar-refractivity contribution is 0.555. The van der Waals surface area contributed by atoms with Crippen molar-refractivity contribution in [3.05, 3.63) is 50.8 Å². The quantitative estimate of drug-likeness (QED) is 0.570. The molecule has 104 valence electrons. The van der Waals surface area contributed by atoms with E-state index in [1.165, 1.54) is 20.5 Å². The molecular weight excluding hydrogens is 286 g/mol. The molecule has 0 bridgehead atoms. The van der Waals surface area contributed by atoms with Crippen molar-refractivity contribution >= 4 is 32.8 Å². The summed E-state index contributed by atoms with van der Waals surface area (Å²) < 4.78 is 1.30. The number of aromatic nitrogens is 1. The van der Waals surface area contributed by atoms with Gasteiger partial charge in [-0.25, -0.2) is 4.98 Å². The first-order valence-electron chi connectivity index (χ1n) is 6.54. The summed E-state index contributed by atoms with van der Waals surface area (Å²) in [4.78, 5) is 5.90. The number of aryl methyl sites for hydroxylation is 2. The summed E-state index contributed by atoms with van der Waals surface area (Å²) in [5.74, 6) is 5.78. The molecule has 0 amide bonds. The van der Waals surface area contributed by atoms with E-state index in [2.05, 4.69) is 53.9 Å². The van der Waals surface area contributed by atoms with Gasteiger partial charge in [0.25, 0.3) is 0 Å². The molecule has 3 nitrogen and oxygen atoms in total. The Morgan fingerprint density at radius 1 is 1.30 bits per heavy atom. The van der Waals surface area contributed by atoms with Crippen LogP contribution in [0.5, 0.6) is 0 Å². The van der Waals surface area contributed by atoms with Gasteiger partial charge in [-0.15, -0.1) is 22.7 Å². The van der Waals surface area contributed by atoms with Crippen LogP contribution in [-0.2, 0) is 6.42 Å². The molecule has 20 heavy (non-hydrogen) atoms. The lowest BCUT2D eigenvalue weighted by Crippen LogP contribution is -2.29. The van der Waals surface area contributed by atoms with E-state index in [1.54, 1.807) is 22.7 Å². The maximum Gasteiger partial charge on any atom is 0.0950 e. The zero-order valence-corrected chi connectivity index (χ0v) is 13.1. The van der Waals surface area contributed by atoms with Gasteiger partial charge in [0.2, 0.25) is 0 Å². The molecule has 3 N–H and O–H groups in total. The van der Waals surface area contributed by atoms with Crippen molar-refractivity contribution < 1.29 is 0 Å². The molecule has 0 aliphatic rings. The van der Waals surface area contributed by atoms with E-state index < -0.39 is 0 Å². The van der Waals surface area contributed by atoms with Crippen LogP contribution < -0.4 is 11.3 Å². The molecule has 0 fully saturated rings. The largest absolute Gasteiger partial charge is 0.271 e. The van der Waals surface area contributed by atoms with Crippen molar-refractivity contribution in [1.29, 1.82) is 0 Å². The van der Waals surface area contributed by atoms with Crippen LogP contribution in [0.1, 0.15) is 27.2 Å². The van der Waals surface area contributed by atoms with Crippen molar-refractivity contribution in [2.24, 2.45) is 5.84 Å².